The van der Waals surface area contributed by atoms with Crippen molar-refractivity contribution >= 4 is 22.6 Å². The summed E-state index contributed by atoms with van der Waals surface area (Å²) in [4.78, 5) is 7.50. The molecule has 0 amide bonds. The topological polar surface area (TPSA) is 35.7 Å². The summed E-state index contributed by atoms with van der Waals surface area (Å²) in [6.45, 7) is 10.4. The Bertz CT molecular complexity index is 256. The van der Waals surface area contributed by atoms with Crippen LogP contribution in [-0.4, -0.2) is 77.1 Å². The van der Waals surface area contributed by atoms with Crippen LogP contribution in [0.2, 0.25) is 0 Å². The van der Waals surface area contributed by atoms with Gasteiger partial charge in [-0.05, 0) is 26.8 Å². The van der Waals surface area contributed by atoms with Crippen molar-refractivity contribution in [2.45, 2.75) is 29.4 Å². The third-order valence-corrected chi connectivity index (χ3v) is 5.22. The molecule has 0 aromatic heterocycles. The maximum atomic E-state index is 6.60. The van der Waals surface area contributed by atoms with Crippen LogP contribution < -0.4 is 5.73 Å². The number of hydrogen-bond donors (Lipinski definition) is 1. The lowest BCUT2D eigenvalue weighted by Gasteiger charge is -2.44. The number of halogens is 1. The van der Waals surface area contributed by atoms with Gasteiger partial charge in [0.1, 0.15) is 0 Å². The highest BCUT2D eigenvalue weighted by Crippen LogP contribution is 2.24. The zero-order valence-electron chi connectivity index (χ0n) is 11.7. The van der Waals surface area contributed by atoms with Gasteiger partial charge in [0, 0.05) is 51.4 Å². The predicted molar refractivity (Wildman–Crippen MR) is 85.1 cm³/mol. The molecule has 0 aromatic carbocycles. The van der Waals surface area contributed by atoms with Crippen LogP contribution in [0.15, 0.2) is 0 Å². The second kappa shape index (κ2) is 6.35. The van der Waals surface area contributed by atoms with Crippen LogP contribution in [-0.2, 0) is 0 Å². The maximum absolute atomic E-state index is 6.60. The van der Waals surface area contributed by atoms with Gasteiger partial charge in [0.15, 0.2) is 0 Å². The molecule has 2 N–H and O–H groups in total. The average molecular weight is 366 g/mol. The molecule has 106 valence electrons. The molecule has 0 spiro atoms. The minimum absolute atomic E-state index is 0.0535. The van der Waals surface area contributed by atoms with Crippen molar-refractivity contribution in [2.24, 2.45) is 5.73 Å². The van der Waals surface area contributed by atoms with Crippen LogP contribution in [0.5, 0.6) is 0 Å². The van der Waals surface area contributed by atoms with E-state index in [1.807, 2.05) is 0 Å². The number of nitrogens with zero attached hydrogens (tertiary/aromatic N) is 3. The average Bonchev–Trinajstić information content (AvgIpc) is 2.32. The van der Waals surface area contributed by atoms with E-state index in [4.69, 9.17) is 5.73 Å². The van der Waals surface area contributed by atoms with E-state index in [1.165, 1.54) is 26.2 Å². The van der Waals surface area contributed by atoms with E-state index in [0.29, 0.717) is 4.05 Å². The van der Waals surface area contributed by atoms with Crippen molar-refractivity contribution in [3.05, 3.63) is 0 Å². The molecule has 0 aromatic rings. The van der Waals surface area contributed by atoms with Crippen LogP contribution in [0.25, 0.3) is 0 Å². The number of nitrogens with two attached hydrogens (primary N) is 1. The van der Waals surface area contributed by atoms with Crippen molar-refractivity contribution in [1.82, 2.24) is 14.7 Å². The highest BCUT2D eigenvalue weighted by atomic mass is 127. The van der Waals surface area contributed by atoms with Crippen LogP contribution in [0, 0.1) is 0 Å². The molecule has 0 aliphatic carbocycles. The van der Waals surface area contributed by atoms with Gasteiger partial charge >= 0.3 is 0 Å². The molecular weight excluding hydrogens is 339 g/mol. The molecule has 4 nitrogen and oxygen atoms in total. The molecule has 1 unspecified atom stereocenters. The summed E-state index contributed by atoms with van der Waals surface area (Å²) in [6, 6.07) is 0. The zero-order chi connectivity index (χ0) is 13.2. The van der Waals surface area contributed by atoms with Gasteiger partial charge in [-0.3, -0.25) is 9.80 Å². The summed E-state index contributed by atoms with van der Waals surface area (Å²) in [5.74, 6) is 0. The summed E-state index contributed by atoms with van der Waals surface area (Å²) < 4.78 is 0.635. The molecule has 2 heterocycles. The fourth-order valence-corrected chi connectivity index (χ4v) is 3.49. The molecule has 2 aliphatic heterocycles. The molecule has 5 heteroatoms. The Morgan fingerprint density at radius 3 is 2.17 bits per heavy atom. The summed E-state index contributed by atoms with van der Waals surface area (Å²) in [5, 5.41) is 0. The van der Waals surface area contributed by atoms with Crippen molar-refractivity contribution < 1.29 is 0 Å². The quantitative estimate of drug-likeness (QED) is 0.456. The Balaban J connectivity index is 1.79. The number of piperazine rings is 1. The van der Waals surface area contributed by atoms with Crippen LogP contribution in [0.1, 0.15) is 19.8 Å². The van der Waals surface area contributed by atoms with E-state index in [2.05, 4.69) is 51.3 Å². The first-order chi connectivity index (χ1) is 8.48. The van der Waals surface area contributed by atoms with Crippen molar-refractivity contribution in [2.75, 3.05) is 52.9 Å². The zero-order valence-corrected chi connectivity index (χ0v) is 13.9. The number of rotatable bonds is 3. The van der Waals surface area contributed by atoms with E-state index in [1.54, 1.807) is 0 Å². The first kappa shape index (κ1) is 15.0. The van der Waals surface area contributed by atoms with Gasteiger partial charge in [-0.2, -0.15) is 0 Å². The van der Waals surface area contributed by atoms with Crippen molar-refractivity contribution in [3.63, 3.8) is 0 Å². The molecule has 18 heavy (non-hydrogen) atoms. The lowest BCUT2D eigenvalue weighted by molar-refractivity contribution is 0.0893. The largest absolute Gasteiger partial charge is 0.324 e. The lowest BCUT2D eigenvalue weighted by atomic mass is 9.88. The van der Waals surface area contributed by atoms with E-state index >= 15 is 0 Å². The second-order valence-corrected chi connectivity index (χ2v) is 7.85. The molecule has 2 aliphatic rings. The van der Waals surface area contributed by atoms with Crippen LogP contribution in [0.4, 0.5) is 0 Å². The van der Waals surface area contributed by atoms with Crippen molar-refractivity contribution in [3.8, 4) is 0 Å². The first-order valence-electron chi connectivity index (χ1n) is 7.06. The van der Waals surface area contributed by atoms with Gasteiger partial charge < -0.3 is 10.6 Å². The SMILES string of the molecule is CC(I)N1CCC(N)(CN2CCN(C)CC2)CC1. The lowest BCUT2D eigenvalue weighted by Crippen LogP contribution is -2.59. The monoisotopic (exact) mass is 366 g/mol. The predicted octanol–water partition coefficient (Wildman–Crippen LogP) is 0.808. The minimum atomic E-state index is 0.0535. The third-order valence-electron chi connectivity index (χ3n) is 4.43. The molecule has 0 saturated carbocycles. The van der Waals surface area contributed by atoms with Crippen LogP contribution >= 0.6 is 22.6 Å². The highest BCUT2D eigenvalue weighted by molar-refractivity contribution is 14.1. The molecule has 0 radical (unpaired) electrons. The van der Waals surface area contributed by atoms with Gasteiger partial charge in [-0.15, -0.1) is 0 Å². The minimum Gasteiger partial charge on any atom is -0.324 e. The molecule has 0 bridgehead atoms. The Kier molecular flexibility index (Phi) is 5.28. The Morgan fingerprint density at radius 1 is 1.11 bits per heavy atom. The van der Waals surface area contributed by atoms with E-state index < -0.39 is 0 Å². The van der Waals surface area contributed by atoms with E-state index in [0.717, 1.165) is 32.5 Å². The standard InChI is InChI=1S/C13H27IN4/c1-12(14)18-5-3-13(15,4-6-18)11-17-9-7-16(2)8-10-17/h12H,3-11,15H2,1-2H3. The number of likely N-dealkylation sites (N-methyl/N-ethyl adjacent to an activating group) is 1. The number of alkyl halides is 1. The van der Waals surface area contributed by atoms with Crippen molar-refractivity contribution in [1.29, 1.82) is 0 Å². The fraction of sp³-hybridized carbons (Fsp3) is 1.00. The van der Waals surface area contributed by atoms with Gasteiger partial charge in [0.25, 0.3) is 0 Å². The number of hydrogen-bond acceptors (Lipinski definition) is 4. The molecule has 2 fully saturated rings. The van der Waals surface area contributed by atoms with E-state index in [9.17, 15) is 0 Å². The Morgan fingerprint density at radius 2 is 1.67 bits per heavy atom. The van der Waals surface area contributed by atoms with Gasteiger partial charge in [-0.25, -0.2) is 0 Å². The fourth-order valence-electron chi connectivity index (χ4n) is 2.93. The third kappa shape index (κ3) is 4.03. The Hall–Kier alpha value is 0.570. The summed E-state index contributed by atoms with van der Waals surface area (Å²) >= 11 is 2.50. The highest BCUT2D eigenvalue weighted by Gasteiger charge is 2.33. The molecule has 1 atom stereocenters. The summed E-state index contributed by atoms with van der Waals surface area (Å²) in [5.41, 5.74) is 6.66. The first-order valence-corrected chi connectivity index (χ1v) is 8.31. The summed E-state index contributed by atoms with van der Waals surface area (Å²) in [7, 11) is 2.20. The smallest absolute Gasteiger partial charge is 0.0589 e. The van der Waals surface area contributed by atoms with Gasteiger partial charge in [-0.1, -0.05) is 22.6 Å². The maximum Gasteiger partial charge on any atom is 0.0589 e. The molecular formula is C13H27IN4. The van der Waals surface area contributed by atoms with Gasteiger partial charge in [0.2, 0.25) is 0 Å². The van der Waals surface area contributed by atoms with Gasteiger partial charge in [0.05, 0.1) is 4.05 Å². The summed E-state index contributed by atoms with van der Waals surface area (Å²) in [6.07, 6.45) is 2.29. The Labute approximate surface area is 125 Å². The normalized spacial score (nSPS) is 29.3. The number of piperidine rings is 1. The molecule has 2 rings (SSSR count). The van der Waals surface area contributed by atoms with Crippen LogP contribution in [0.3, 0.4) is 0 Å². The van der Waals surface area contributed by atoms with E-state index in [-0.39, 0.29) is 5.54 Å². The number of likely N-dealkylation sites (tertiary alicyclic amines) is 1. The molecule has 2 saturated heterocycles. The second-order valence-electron chi connectivity index (χ2n) is 6.05.